The first-order valence-electron chi connectivity index (χ1n) is 6.12. The summed E-state index contributed by atoms with van der Waals surface area (Å²) in [5, 5.41) is 0.459. The van der Waals surface area contributed by atoms with Crippen molar-refractivity contribution >= 4 is 50.2 Å². The van der Waals surface area contributed by atoms with E-state index in [2.05, 4.69) is 49.8 Å². The van der Waals surface area contributed by atoms with Gasteiger partial charge in [-0.05, 0) is 37.2 Å². The van der Waals surface area contributed by atoms with Gasteiger partial charge in [-0.1, -0.05) is 54.3 Å². The van der Waals surface area contributed by atoms with Crippen molar-refractivity contribution in [2.75, 3.05) is 24.0 Å². The van der Waals surface area contributed by atoms with Gasteiger partial charge in [-0.15, -0.1) is 11.8 Å². The molecule has 0 fully saturated rings. The molecule has 0 saturated carbocycles. The lowest BCUT2D eigenvalue weighted by molar-refractivity contribution is 1.11. The minimum absolute atomic E-state index is 0.252. The highest BCUT2D eigenvalue weighted by atomic mass is 32.2. The van der Waals surface area contributed by atoms with E-state index in [1.54, 1.807) is 0 Å². The van der Waals surface area contributed by atoms with E-state index in [1.807, 2.05) is 23.5 Å². The lowest BCUT2D eigenvalue weighted by Crippen LogP contribution is -1.94. The Morgan fingerprint density at radius 1 is 1.28 bits per heavy atom. The molecule has 1 aromatic carbocycles. The van der Waals surface area contributed by atoms with Crippen molar-refractivity contribution in [2.45, 2.75) is 18.6 Å². The summed E-state index contributed by atoms with van der Waals surface area (Å²) in [5.74, 6) is 2.54. The fourth-order valence-corrected chi connectivity index (χ4v) is 5.19. The van der Waals surface area contributed by atoms with Crippen LogP contribution < -0.4 is 0 Å². The standard InChI is InChI=1S/C14H22S4/c1-12(13-8-5-4-6-9-13)17-14(15)16-10-7-11-18(2)3/h4-6,8-9,12,18H,7,10-11H2,1-3H3. The van der Waals surface area contributed by atoms with Crippen LogP contribution in [0.1, 0.15) is 24.2 Å². The Morgan fingerprint density at radius 3 is 2.56 bits per heavy atom. The van der Waals surface area contributed by atoms with Crippen LogP contribution in [0.15, 0.2) is 30.3 Å². The molecule has 1 rings (SSSR count). The molecule has 0 aliphatic rings. The molecule has 0 aliphatic carbocycles. The zero-order valence-corrected chi connectivity index (χ0v) is 14.6. The van der Waals surface area contributed by atoms with Crippen LogP contribution in [0.4, 0.5) is 0 Å². The normalized spacial score (nSPS) is 13.2. The van der Waals surface area contributed by atoms with E-state index in [-0.39, 0.29) is 10.9 Å². The molecule has 0 radical (unpaired) electrons. The molecule has 102 valence electrons. The van der Waals surface area contributed by atoms with Crippen LogP contribution in [0.3, 0.4) is 0 Å². The molecule has 1 atom stereocenters. The van der Waals surface area contributed by atoms with Crippen molar-refractivity contribution in [3.8, 4) is 0 Å². The molecule has 0 bridgehead atoms. The highest BCUT2D eigenvalue weighted by Gasteiger charge is 2.09. The first-order chi connectivity index (χ1) is 8.59. The second-order valence-corrected chi connectivity index (χ2v) is 10.7. The average Bonchev–Trinajstić information content (AvgIpc) is 2.35. The van der Waals surface area contributed by atoms with Crippen LogP contribution in [0, 0.1) is 0 Å². The molecular weight excluding hydrogens is 296 g/mol. The summed E-state index contributed by atoms with van der Waals surface area (Å²) in [4.78, 5) is 0. The highest BCUT2D eigenvalue weighted by molar-refractivity contribution is 8.47. The Labute approximate surface area is 128 Å². The molecule has 18 heavy (non-hydrogen) atoms. The van der Waals surface area contributed by atoms with Gasteiger partial charge in [0, 0.05) is 11.0 Å². The quantitative estimate of drug-likeness (QED) is 0.438. The van der Waals surface area contributed by atoms with Crippen LogP contribution >= 0.6 is 46.6 Å². The molecule has 0 saturated heterocycles. The maximum absolute atomic E-state index is 5.44. The van der Waals surface area contributed by atoms with E-state index in [0.717, 1.165) is 3.53 Å². The zero-order chi connectivity index (χ0) is 13.4. The molecule has 1 unspecified atom stereocenters. The molecule has 0 spiro atoms. The molecule has 0 aliphatic heterocycles. The third kappa shape index (κ3) is 7.07. The zero-order valence-electron chi connectivity index (χ0n) is 11.3. The summed E-state index contributed by atoms with van der Waals surface area (Å²) in [6, 6.07) is 10.6. The summed E-state index contributed by atoms with van der Waals surface area (Å²) in [5.41, 5.74) is 1.36. The van der Waals surface area contributed by atoms with E-state index in [4.69, 9.17) is 12.2 Å². The number of hydrogen-bond acceptors (Lipinski definition) is 3. The van der Waals surface area contributed by atoms with Gasteiger partial charge in [-0.2, -0.15) is 0 Å². The van der Waals surface area contributed by atoms with Gasteiger partial charge in [0.05, 0.1) is 0 Å². The molecule has 0 amide bonds. The van der Waals surface area contributed by atoms with Crippen LogP contribution in [-0.2, 0) is 0 Å². The fourth-order valence-electron chi connectivity index (χ4n) is 1.51. The molecule has 0 nitrogen and oxygen atoms in total. The van der Waals surface area contributed by atoms with Crippen molar-refractivity contribution in [3.63, 3.8) is 0 Å². The Hall–Kier alpha value is 0.360. The second-order valence-electron chi connectivity index (χ2n) is 4.43. The van der Waals surface area contributed by atoms with Crippen LogP contribution in [0.5, 0.6) is 0 Å². The van der Waals surface area contributed by atoms with E-state index in [0.29, 0.717) is 5.25 Å². The molecular formula is C14H22S4. The van der Waals surface area contributed by atoms with Gasteiger partial charge >= 0.3 is 0 Å². The Balaban J connectivity index is 2.24. The van der Waals surface area contributed by atoms with E-state index in [9.17, 15) is 0 Å². The largest absolute Gasteiger partial charge is 0.259 e. The van der Waals surface area contributed by atoms with Gasteiger partial charge < -0.3 is 0 Å². The number of thioether (sulfide) groups is 2. The van der Waals surface area contributed by atoms with Gasteiger partial charge in [-0.3, -0.25) is 10.9 Å². The van der Waals surface area contributed by atoms with Crippen LogP contribution in [-0.4, -0.2) is 27.5 Å². The maximum atomic E-state index is 5.44. The minimum Gasteiger partial charge on any atom is -0.259 e. The monoisotopic (exact) mass is 318 g/mol. The molecule has 0 N–H and O–H groups in total. The van der Waals surface area contributed by atoms with Crippen LogP contribution in [0.2, 0.25) is 0 Å². The van der Waals surface area contributed by atoms with E-state index >= 15 is 0 Å². The predicted octanol–water partition coefficient (Wildman–Crippen LogP) is 5.15. The first kappa shape index (κ1) is 16.4. The molecule has 4 heteroatoms. The van der Waals surface area contributed by atoms with Crippen molar-refractivity contribution in [1.82, 2.24) is 0 Å². The van der Waals surface area contributed by atoms with Gasteiger partial charge in [0.15, 0.2) is 0 Å². The Morgan fingerprint density at radius 2 is 1.94 bits per heavy atom. The van der Waals surface area contributed by atoms with Gasteiger partial charge in [0.1, 0.15) is 3.53 Å². The van der Waals surface area contributed by atoms with E-state index in [1.165, 1.54) is 23.5 Å². The topological polar surface area (TPSA) is 0 Å². The lowest BCUT2D eigenvalue weighted by Gasteiger charge is -2.12. The maximum Gasteiger partial charge on any atom is 0.104 e. The number of benzene rings is 1. The van der Waals surface area contributed by atoms with E-state index < -0.39 is 0 Å². The third-order valence-electron chi connectivity index (χ3n) is 2.51. The summed E-state index contributed by atoms with van der Waals surface area (Å²) in [7, 11) is 0.252. The van der Waals surface area contributed by atoms with Crippen molar-refractivity contribution in [1.29, 1.82) is 0 Å². The number of thiocarbonyl (C=S) groups is 1. The SMILES string of the molecule is CC(SC(=S)SCCC[SH](C)C)c1ccccc1. The molecule has 0 aromatic heterocycles. The summed E-state index contributed by atoms with van der Waals surface area (Å²) < 4.78 is 1.09. The number of hydrogen-bond donors (Lipinski definition) is 1. The van der Waals surface area contributed by atoms with Crippen molar-refractivity contribution < 1.29 is 0 Å². The van der Waals surface area contributed by atoms with Gasteiger partial charge in [0.25, 0.3) is 0 Å². The fraction of sp³-hybridized carbons (Fsp3) is 0.500. The lowest BCUT2D eigenvalue weighted by atomic mass is 10.2. The van der Waals surface area contributed by atoms with Gasteiger partial charge in [0.2, 0.25) is 0 Å². The summed E-state index contributed by atoms with van der Waals surface area (Å²) >= 11 is 9.10. The minimum atomic E-state index is 0.252. The average molecular weight is 319 g/mol. The second kappa shape index (κ2) is 9.29. The summed E-state index contributed by atoms with van der Waals surface area (Å²) in [6.07, 6.45) is 5.97. The van der Waals surface area contributed by atoms with Crippen molar-refractivity contribution in [2.24, 2.45) is 0 Å². The Kier molecular flexibility index (Phi) is 8.47. The van der Waals surface area contributed by atoms with Gasteiger partial charge in [-0.25, -0.2) is 0 Å². The highest BCUT2D eigenvalue weighted by Crippen LogP contribution is 2.33. The number of thiol groups is 1. The summed E-state index contributed by atoms with van der Waals surface area (Å²) in [6.45, 7) is 2.23. The first-order valence-corrected chi connectivity index (χ1v) is 10.8. The Bertz CT molecular complexity index is 348. The van der Waals surface area contributed by atoms with Crippen LogP contribution in [0.25, 0.3) is 0 Å². The molecule has 1 aromatic rings. The van der Waals surface area contributed by atoms with Crippen molar-refractivity contribution in [3.05, 3.63) is 35.9 Å². The smallest absolute Gasteiger partial charge is 0.104 e. The molecule has 0 heterocycles. The third-order valence-corrected chi connectivity index (χ3v) is 6.55. The number of rotatable bonds is 6. The predicted molar refractivity (Wildman–Crippen MR) is 97.8 cm³/mol.